The maximum atomic E-state index is 12.9. The molecule has 3 aromatic carbocycles. The molecule has 0 unspecified atom stereocenters. The zero-order valence-electron chi connectivity index (χ0n) is 20.2. The quantitative estimate of drug-likeness (QED) is 0.252. The number of fused-ring (bicyclic) bond motifs is 1. The minimum Gasteiger partial charge on any atom is -0.455 e. The molecule has 0 saturated heterocycles. The van der Waals surface area contributed by atoms with Gasteiger partial charge in [-0.05, 0) is 61.9 Å². The van der Waals surface area contributed by atoms with Gasteiger partial charge in [-0.15, -0.1) is 13.2 Å². The molecule has 0 fully saturated rings. The van der Waals surface area contributed by atoms with Gasteiger partial charge in [-0.2, -0.15) is 0 Å². The first-order valence-electron chi connectivity index (χ1n) is 11.2. The SMILES string of the molecule is Cc1c(Oc2ccc(Cl)cc2)c2ccc(OC(F)(F)F)cc2n1Cc1cccc([C@@](C)(OC=O)C(N)=O)c1. The van der Waals surface area contributed by atoms with Crippen LogP contribution in [0, 0.1) is 6.92 Å². The van der Waals surface area contributed by atoms with Crippen LogP contribution in [0.1, 0.15) is 23.7 Å². The first kappa shape index (κ1) is 26.9. The van der Waals surface area contributed by atoms with E-state index in [-0.39, 0.29) is 13.0 Å². The Morgan fingerprint density at radius 3 is 2.37 bits per heavy atom. The van der Waals surface area contributed by atoms with Crippen LogP contribution in [0.2, 0.25) is 5.02 Å². The van der Waals surface area contributed by atoms with Gasteiger partial charge in [0.2, 0.25) is 5.60 Å². The lowest BCUT2D eigenvalue weighted by Gasteiger charge is -2.25. The van der Waals surface area contributed by atoms with Gasteiger partial charge in [0.15, 0.2) is 5.75 Å². The molecule has 38 heavy (non-hydrogen) atoms. The van der Waals surface area contributed by atoms with Crippen molar-refractivity contribution in [1.82, 2.24) is 4.57 Å². The lowest BCUT2D eigenvalue weighted by atomic mass is 9.93. The molecule has 11 heteroatoms. The van der Waals surface area contributed by atoms with Gasteiger partial charge < -0.3 is 24.5 Å². The number of ether oxygens (including phenoxy) is 3. The molecule has 7 nitrogen and oxygen atoms in total. The largest absolute Gasteiger partial charge is 0.573 e. The summed E-state index contributed by atoms with van der Waals surface area (Å²) in [6, 6.07) is 17.3. The second-order valence-electron chi connectivity index (χ2n) is 8.60. The summed E-state index contributed by atoms with van der Waals surface area (Å²) in [5, 5.41) is 1.07. The fraction of sp³-hybridized carbons (Fsp3) is 0.185. The van der Waals surface area contributed by atoms with E-state index in [1.165, 1.54) is 25.1 Å². The molecule has 1 atom stereocenters. The number of halogens is 4. The van der Waals surface area contributed by atoms with Crippen molar-refractivity contribution >= 4 is 34.9 Å². The van der Waals surface area contributed by atoms with Gasteiger partial charge in [0.05, 0.1) is 11.2 Å². The summed E-state index contributed by atoms with van der Waals surface area (Å²) in [4.78, 5) is 23.1. The topological polar surface area (TPSA) is 92.8 Å². The van der Waals surface area contributed by atoms with Crippen LogP contribution < -0.4 is 15.2 Å². The van der Waals surface area contributed by atoms with Crippen LogP contribution in [0.4, 0.5) is 13.2 Å². The molecule has 0 aliphatic carbocycles. The third kappa shape index (κ3) is 5.55. The number of rotatable bonds is 9. The lowest BCUT2D eigenvalue weighted by molar-refractivity contribution is -0.274. The Hall–Kier alpha value is -4.18. The average Bonchev–Trinajstić information content (AvgIpc) is 3.10. The zero-order valence-corrected chi connectivity index (χ0v) is 21.0. The Kier molecular flexibility index (Phi) is 7.28. The highest BCUT2D eigenvalue weighted by Crippen LogP contribution is 2.39. The summed E-state index contributed by atoms with van der Waals surface area (Å²) < 4.78 is 55.8. The molecular weight excluding hydrogens is 525 g/mol. The lowest BCUT2D eigenvalue weighted by Crippen LogP contribution is -2.40. The van der Waals surface area contributed by atoms with Crippen molar-refractivity contribution in [1.29, 1.82) is 0 Å². The summed E-state index contributed by atoms with van der Waals surface area (Å²) in [5.41, 5.74) is 5.81. The maximum Gasteiger partial charge on any atom is 0.573 e. The molecule has 0 aliphatic heterocycles. The molecule has 0 saturated carbocycles. The highest BCUT2D eigenvalue weighted by molar-refractivity contribution is 6.30. The highest BCUT2D eigenvalue weighted by atomic mass is 35.5. The Morgan fingerprint density at radius 2 is 1.74 bits per heavy atom. The van der Waals surface area contributed by atoms with Crippen LogP contribution in [0.25, 0.3) is 10.9 Å². The molecule has 198 valence electrons. The van der Waals surface area contributed by atoms with E-state index >= 15 is 0 Å². The summed E-state index contributed by atoms with van der Waals surface area (Å²) in [6.07, 6.45) is -4.87. The third-order valence-electron chi connectivity index (χ3n) is 6.08. The normalized spacial score (nSPS) is 13.1. The summed E-state index contributed by atoms with van der Waals surface area (Å²) >= 11 is 5.97. The van der Waals surface area contributed by atoms with Crippen LogP contribution in [0.5, 0.6) is 17.2 Å². The number of nitrogens with zero attached hydrogens (tertiary/aromatic N) is 1. The first-order chi connectivity index (χ1) is 17.9. The van der Waals surface area contributed by atoms with E-state index in [0.717, 1.165) is 0 Å². The van der Waals surface area contributed by atoms with Gasteiger partial charge in [0.25, 0.3) is 12.4 Å². The maximum absolute atomic E-state index is 12.9. The van der Waals surface area contributed by atoms with E-state index in [1.54, 1.807) is 60.0 Å². The van der Waals surface area contributed by atoms with E-state index in [0.29, 0.717) is 44.2 Å². The number of aromatic nitrogens is 1. The minimum atomic E-state index is -4.87. The molecule has 1 aromatic heterocycles. The molecule has 0 spiro atoms. The average molecular weight is 547 g/mol. The number of primary amides is 1. The number of nitrogens with two attached hydrogens (primary N) is 1. The molecule has 4 rings (SSSR count). The number of hydrogen-bond acceptors (Lipinski definition) is 5. The third-order valence-corrected chi connectivity index (χ3v) is 6.33. The number of benzene rings is 3. The van der Waals surface area contributed by atoms with Gasteiger partial charge >= 0.3 is 6.36 Å². The Labute approximate surface area is 220 Å². The Morgan fingerprint density at radius 1 is 1.05 bits per heavy atom. The first-order valence-corrected chi connectivity index (χ1v) is 11.6. The minimum absolute atomic E-state index is 0.142. The van der Waals surface area contributed by atoms with E-state index < -0.39 is 23.6 Å². The van der Waals surface area contributed by atoms with Crippen molar-refractivity contribution in [3.05, 3.63) is 88.6 Å². The molecule has 2 N–H and O–H groups in total. The van der Waals surface area contributed by atoms with E-state index in [4.69, 9.17) is 26.8 Å². The summed E-state index contributed by atoms with van der Waals surface area (Å²) in [5.74, 6) is -0.339. The van der Waals surface area contributed by atoms with Crippen LogP contribution >= 0.6 is 11.6 Å². The monoisotopic (exact) mass is 546 g/mol. The summed E-state index contributed by atoms with van der Waals surface area (Å²) in [7, 11) is 0. The van der Waals surface area contributed by atoms with Crippen molar-refractivity contribution in [3.63, 3.8) is 0 Å². The van der Waals surface area contributed by atoms with Gasteiger partial charge in [0, 0.05) is 28.6 Å². The second-order valence-corrected chi connectivity index (χ2v) is 9.03. The number of amides is 1. The molecule has 1 heterocycles. The number of carbonyl (C=O) groups is 2. The molecule has 0 radical (unpaired) electrons. The smallest absolute Gasteiger partial charge is 0.455 e. The van der Waals surface area contributed by atoms with Crippen molar-refractivity contribution < 1.29 is 37.0 Å². The van der Waals surface area contributed by atoms with E-state index in [2.05, 4.69) is 4.74 Å². The fourth-order valence-electron chi connectivity index (χ4n) is 4.09. The van der Waals surface area contributed by atoms with Crippen LogP contribution in [-0.2, 0) is 26.5 Å². The van der Waals surface area contributed by atoms with Crippen molar-refractivity contribution in [2.24, 2.45) is 5.73 Å². The van der Waals surface area contributed by atoms with Crippen molar-refractivity contribution in [3.8, 4) is 17.2 Å². The van der Waals surface area contributed by atoms with Crippen molar-refractivity contribution in [2.45, 2.75) is 32.4 Å². The van der Waals surface area contributed by atoms with Crippen molar-refractivity contribution in [2.75, 3.05) is 0 Å². The predicted octanol–water partition coefficient (Wildman–Crippen LogP) is 6.22. The number of carbonyl (C=O) groups excluding carboxylic acids is 2. The van der Waals surface area contributed by atoms with Crippen LogP contribution in [-0.4, -0.2) is 23.3 Å². The second kappa shape index (κ2) is 10.3. The van der Waals surface area contributed by atoms with E-state index in [9.17, 15) is 22.8 Å². The van der Waals surface area contributed by atoms with Gasteiger partial charge in [-0.3, -0.25) is 9.59 Å². The summed E-state index contributed by atoms with van der Waals surface area (Å²) in [6.45, 7) is 3.45. The number of hydrogen-bond donors (Lipinski definition) is 1. The molecule has 1 amide bonds. The van der Waals surface area contributed by atoms with E-state index in [1.807, 2.05) is 0 Å². The van der Waals surface area contributed by atoms with Gasteiger partial charge in [0.1, 0.15) is 11.5 Å². The molecular formula is C27H22ClF3N2O5. The highest BCUT2D eigenvalue weighted by Gasteiger charge is 2.35. The molecule has 4 aromatic rings. The predicted molar refractivity (Wildman–Crippen MR) is 134 cm³/mol. The van der Waals surface area contributed by atoms with Crippen LogP contribution in [0.3, 0.4) is 0 Å². The zero-order chi connectivity index (χ0) is 27.7. The van der Waals surface area contributed by atoms with Gasteiger partial charge in [-0.25, -0.2) is 0 Å². The Balaban J connectivity index is 1.82. The van der Waals surface area contributed by atoms with Crippen LogP contribution in [0.15, 0.2) is 66.7 Å². The standard InChI is InChI=1S/C27H22ClF3N2O5/c1-16-24(37-20-8-6-19(28)7-9-20)22-11-10-21(38-27(29,30)31)13-23(22)33(16)14-17-4-3-5-18(12-17)26(2,25(32)35)36-15-34/h3-13,15H,14H2,1-2H3,(H2,32,35)/t26-/m1/s1. The van der Waals surface area contributed by atoms with Gasteiger partial charge in [-0.1, -0.05) is 29.8 Å². The molecule has 0 bridgehead atoms. The Bertz CT molecular complexity index is 1500. The fourth-order valence-corrected chi connectivity index (χ4v) is 4.21. The molecule has 0 aliphatic rings. The number of alkyl halides is 3.